The van der Waals surface area contributed by atoms with E-state index in [1.54, 1.807) is 0 Å². The van der Waals surface area contributed by atoms with E-state index in [0.717, 1.165) is 72.6 Å². The van der Waals surface area contributed by atoms with Crippen molar-refractivity contribution in [1.82, 2.24) is 24.8 Å². The lowest BCUT2D eigenvalue weighted by atomic mass is 10.2. The summed E-state index contributed by atoms with van der Waals surface area (Å²) in [6, 6.07) is 18.5. The van der Waals surface area contributed by atoms with Crippen LogP contribution in [0.2, 0.25) is 5.15 Å². The minimum atomic E-state index is 0.465. The van der Waals surface area contributed by atoms with Crippen LogP contribution in [0.5, 0.6) is 0 Å². The zero-order valence-corrected chi connectivity index (χ0v) is 16.4. The maximum atomic E-state index is 6.55. The molecular weight excluding hydrogens is 370 g/mol. The van der Waals surface area contributed by atoms with Crippen molar-refractivity contribution in [3.63, 3.8) is 0 Å². The molecule has 142 valence electrons. The molecule has 28 heavy (non-hydrogen) atoms. The van der Waals surface area contributed by atoms with Crippen LogP contribution in [0, 0.1) is 0 Å². The Balaban J connectivity index is 1.69. The van der Waals surface area contributed by atoms with Gasteiger partial charge in [-0.2, -0.15) is 0 Å². The fourth-order valence-corrected chi connectivity index (χ4v) is 4.22. The molecule has 2 aromatic heterocycles. The largest absolute Gasteiger partial charge is 0.322 e. The number of nitrogens with zero attached hydrogens (tertiary/aromatic N) is 4. The molecule has 0 unspecified atom stereocenters. The first kappa shape index (κ1) is 17.6. The van der Waals surface area contributed by atoms with Crippen molar-refractivity contribution in [2.75, 3.05) is 32.7 Å². The monoisotopic (exact) mass is 391 g/mol. The van der Waals surface area contributed by atoms with Crippen LogP contribution in [-0.4, -0.2) is 52.2 Å². The van der Waals surface area contributed by atoms with Crippen molar-refractivity contribution >= 4 is 33.5 Å². The Morgan fingerprint density at radius 2 is 1.64 bits per heavy atom. The van der Waals surface area contributed by atoms with E-state index in [-0.39, 0.29) is 0 Å². The molecule has 0 aliphatic carbocycles. The summed E-state index contributed by atoms with van der Waals surface area (Å²) >= 11 is 6.55. The second-order valence-electron chi connectivity index (χ2n) is 7.16. The summed E-state index contributed by atoms with van der Waals surface area (Å²) in [5.41, 5.74) is 3.85. The predicted octanol–water partition coefficient (Wildman–Crippen LogP) is 3.81. The summed E-state index contributed by atoms with van der Waals surface area (Å²) in [5.74, 6) is 0.950. The minimum Gasteiger partial charge on any atom is -0.322 e. The van der Waals surface area contributed by atoms with E-state index in [0.29, 0.717) is 5.15 Å². The summed E-state index contributed by atoms with van der Waals surface area (Å²) in [4.78, 5) is 12.0. The molecule has 1 N–H and O–H groups in total. The molecule has 1 aliphatic heterocycles. The van der Waals surface area contributed by atoms with Crippen LogP contribution >= 0.6 is 11.6 Å². The van der Waals surface area contributed by atoms with Gasteiger partial charge in [-0.05, 0) is 6.07 Å². The van der Waals surface area contributed by atoms with Gasteiger partial charge < -0.3 is 9.88 Å². The highest BCUT2D eigenvalue weighted by Crippen LogP contribution is 2.33. The number of nitrogens with one attached hydrogen (secondary N) is 1. The van der Waals surface area contributed by atoms with Crippen molar-refractivity contribution in [3.05, 3.63) is 59.8 Å². The van der Waals surface area contributed by atoms with Crippen LogP contribution in [0.25, 0.3) is 33.3 Å². The third-order valence-electron chi connectivity index (χ3n) is 5.42. The van der Waals surface area contributed by atoms with E-state index in [1.807, 2.05) is 36.4 Å². The normalized spacial score (nSPS) is 15.5. The number of pyridine rings is 1. The fourth-order valence-electron chi connectivity index (χ4n) is 4.00. The lowest BCUT2D eigenvalue weighted by molar-refractivity contribution is 0.233. The number of rotatable bonds is 4. The molecule has 2 aromatic carbocycles. The number of aromatic nitrogens is 3. The number of hydrogen-bond donors (Lipinski definition) is 1. The van der Waals surface area contributed by atoms with Crippen LogP contribution in [0.3, 0.4) is 0 Å². The Morgan fingerprint density at radius 3 is 2.46 bits per heavy atom. The summed E-state index contributed by atoms with van der Waals surface area (Å²) in [7, 11) is 0. The van der Waals surface area contributed by atoms with Crippen LogP contribution in [0.1, 0.15) is 0 Å². The number of halogens is 1. The van der Waals surface area contributed by atoms with Crippen LogP contribution in [0.4, 0.5) is 0 Å². The smallest absolute Gasteiger partial charge is 0.157 e. The Morgan fingerprint density at radius 1 is 0.893 bits per heavy atom. The first-order chi connectivity index (χ1) is 13.8. The molecule has 0 bridgehead atoms. The standard InChI is InChI=1S/C22H22ClN5/c23-21-19-20(17-8-4-5-9-18(17)25-21)28(15-14-27-12-10-24-11-13-27)22(26-19)16-6-2-1-3-7-16/h1-9,24H,10-15H2. The highest BCUT2D eigenvalue weighted by molar-refractivity contribution is 6.35. The van der Waals surface area contributed by atoms with Gasteiger partial charge in [0.1, 0.15) is 11.3 Å². The summed E-state index contributed by atoms with van der Waals surface area (Å²) < 4.78 is 2.32. The summed E-state index contributed by atoms with van der Waals surface area (Å²) in [6.07, 6.45) is 0. The van der Waals surface area contributed by atoms with Gasteiger partial charge in [0.15, 0.2) is 5.15 Å². The zero-order chi connectivity index (χ0) is 18.9. The maximum Gasteiger partial charge on any atom is 0.157 e. The molecule has 4 aromatic rings. The van der Waals surface area contributed by atoms with Gasteiger partial charge >= 0.3 is 0 Å². The van der Waals surface area contributed by atoms with E-state index < -0.39 is 0 Å². The van der Waals surface area contributed by atoms with Gasteiger partial charge in [0.25, 0.3) is 0 Å². The molecule has 0 spiro atoms. The second kappa shape index (κ2) is 7.51. The van der Waals surface area contributed by atoms with Gasteiger partial charge in [0.05, 0.1) is 11.0 Å². The van der Waals surface area contributed by atoms with Crippen molar-refractivity contribution in [1.29, 1.82) is 0 Å². The average Bonchev–Trinajstić information content (AvgIpc) is 3.14. The van der Waals surface area contributed by atoms with Crippen LogP contribution in [-0.2, 0) is 6.54 Å². The molecule has 5 rings (SSSR count). The molecule has 1 fully saturated rings. The molecule has 6 heteroatoms. The van der Waals surface area contributed by atoms with Gasteiger partial charge in [-0.15, -0.1) is 0 Å². The predicted molar refractivity (Wildman–Crippen MR) is 115 cm³/mol. The van der Waals surface area contributed by atoms with Gasteiger partial charge in [-0.3, -0.25) is 4.90 Å². The lowest BCUT2D eigenvalue weighted by Gasteiger charge is -2.27. The topological polar surface area (TPSA) is 46.0 Å². The van der Waals surface area contributed by atoms with E-state index in [4.69, 9.17) is 16.6 Å². The number of hydrogen-bond acceptors (Lipinski definition) is 4. The van der Waals surface area contributed by atoms with E-state index in [1.165, 1.54) is 0 Å². The maximum absolute atomic E-state index is 6.55. The number of para-hydroxylation sites is 1. The van der Waals surface area contributed by atoms with E-state index >= 15 is 0 Å². The van der Waals surface area contributed by atoms with Crippen molar-refractivity contribution in [2.45, 2.75) is 6.54 Å². The Labute approximate surface area is 169 Å². The molecule has 3 heterocycles. The number of fused-ring (bicyclic) bond motifs is 3. The summed E-state index contributed by atoms with van der Waals surface area (Å²) in [6.45, 7) is 6.11. The zero-order valence-electron chi connectivity index (χ0n) is 15.6. The van der Waals surface area contributed by atoms with Gasteiger partial charge in [-0.1, -0.05) is 60.1 Å². The van der Waals surface area contributed by atoms with E-state index in [2.05, 4.69) is 38.0 Å². The van der Waals surface area contributed by atoms with Gasteiger partial charge in [-0.25, -0.2) is 9.97 Å². The molecule has 0 amide bonds. The molecule has 5 nitrogen and oxygen atoms in total. The number of piperazine rings is 1. The molecule has 0 atom stereocenters. The van der Waals surface area contributed by atoms with Gasteiger partial charge in [0.2, 0.25) is 0 Å². The van der Waals surface area contributed by atoms with Crippen LogP contribution in [0.15, 0.2) is 54.6 Å². The third kappa shape index (κ3) is 3.15. The molecular formula is C22H22ClN5. The molecule has 0 radical (unpaired) electrons. The molecule has 1 saturated heterocycles. The summed E-state index contributed by atoms with van der Waals surface area (Å²) in [5, 5.41) is 4.98. The van der Waals surface area contributed by atoms with E-state index in [9.17, 15) is 0 Å². The minimum absolute atomic E-state index is 0.465. The third-order valence-corrected chi connectivity index (χ3v) is 5.69. The van der Waals surface area contributed by atoms with Crippen molar-refractivity contribution < 1.29 is 0 Å². The lowest BCUT2D eigenvalue weighted by Crippen LogP contribution is -2.44. The molecule has 1 aliphatic rings. The average molecular weight is 392 g/mol. The highest BCUT2D eigenvalue weighted by Gasteiger charge is 2.19. The number of benzene rings is 2. The van der Waals surface area contributed by atoms with Gasteiger partial charge in [0, 0.05) is 50.2 Å². The highest BCUT2D eigenvalue weighted by atomic mass is 35.5. The van der Waals surface area contributed by atoms with Crippen molar-refractivity contribution in [3.8, 4) is 11.4 Å². The Kier molecular flexibility index (Phi) is 4.72. The molecule has 0 saturated carbocycles. The number of imidazole rings is 1. The Bertz CT molecular complexity index is 1120. The Hall–Kier alpha value is -2.47. The van der Waals surface area contributed by atoms with Crippen LogP contribution < -0.4 is 5.32 Å². The second-order valence-corrected chi connectivity index (χ2v) is 7.52. The first-order valence-corrected chi connectivity index (χ1v) is 10.1. The fraction of sp³-hybridized carbons (Fsp3) is 0.273. The first-order valence-electron chi connectivity index (χ1n) is 9.74. The SMILES string of the molecule is Clc1nc2ccccc2c2c1nc(-c1ccccc1)n2CCN1CCNCC1. The van der Waals surface area contributed by atoms with Crippen molar-refractivity contribution in [2.24, 2.45) is 0 Å². The quantitative estimate of drug-likeness (QED) is 0.537.